The highest BCUT2D eigenvalue weighted by atomic mass is 35.5. The van der Waals surface area contributed by atoms with Crippen LogP contribution in [0.4, 0.5) is 5.82 Å². The first-order valence-corrected chi connectivity index (χ1v) is 10.9. The predicted molar refractivity (Wildman–Crippen MR) is 131 cm³/mol. The lowest BCUT2D eigenvalue weighted by Crippen LogP contribution is -2.24. The van der Waals surface area contributed by atoms with Gasteiger partial charge in [-0.05, 0) is 61.2 Å². The molecule has 0 fully saturated rings. The lowest BCUT2D eigenvalue weighted by molar-refractivity contribution is 0.402. The zero-order chi connectivity index (χ0) is 22.4. The van der Waals surface area contributed by atoms with Crippen LogP contribution in [0.15, 0.2) is 54.6 Å². The maximum Gasteiger partial charge on any atom is 0.231 e. The van der Waals surface area contributed by atoms with E-state index in [0.717, 1.165) is 28.1 Å². The number of rotatable bonds is 3. The van der Waals surface area contributed by atoms with Crippen LogP contribution >= 0.6 is 36.0 Å². The summed E-state index contributed by atoms with van der Waals surface area (Å²) in [5.74, 6) is 1.19. The van der Waals surface area contributed by atoms with E-state index in [4.69, 9.17) is 51.6 Å². The third-order valence-electron chi connectivity index (χ3n) is 5.22. The van der Waals surface area contributed by atoms with Crippen LogP contribution in [0.5, 0.6) is 11.8 Å². The van der Waals surface area contributed by atoms with Crippen LogP contribution < -0.4 is 15.8 Å². The molecule has 0 aliphatic carbocycles. The first kappa shape index (κ1) is 20.6. The zero-order valence-corrected chi connectivity index (χ0v) is 19.2. The number of aromatic nitrogens is 4. The molecule has 0 radical (unpaired) electrons. The van der Waals surface area contributed by atoms with Crippen LogP contribution in [0.2, 0.25) is 5.02 Å². The third-order valence-corrected chi connectivity index (χ3v) is 5.77. The molecule has 0 saturated carbocycles. The monoisotopic (exact) mass is 480 g/mol. The molecule has 0 saturated heterocycles. The largest absolute Gasteiger partial charge is 0.420 e. The summed E-state index contributed by atoms with van der Waals surface area (Å²) in [5.41, 5.74) is 10.1. The number of aryl methyl sites for hydroxylation is 1. The Kier molecular flexibility index (Phi) is 5.16. The number of hydrogen-bond donors (Lipinski definition) is 3. The van der Waals surface area contributed by atoms with Crippen molar-refractivity contribution in [3.8, 4) is 17.4 Å². The van der Waals surface area contributed by atoms with Crippen molar-refractivity contribution in [1.82, 2.24) is 19.7 Å². The molecular formula is C22H17ClN6OS2. The van der Waals surface area contributed by atoms with Gasteiger partial charge in [0.2, 0.25) is 16.5 Å². The van der Waals surface area contributed by atoms with Gasteiger partial charge in [0.15, 0.2) is 5.11 Å². The fraction of sp³-hybridized carbons (Fsp3) is 0.0909. The molecule has 10 heteroatoms. The van der Waals surface area contributed by atoms with Crippen molar-refractivity contribution in [2.45, 2.75) is 12.8 Å². The normalized spacial score (nSPS) is 14.2. The Labute approximate surface area is 199 Å². The minimum atomic E-state index is -0.278. The fourth-order valence-electron chi connectivity index (χ4n) is 3.95. The topological polar surface area (TPSA) is 93.8 Å². The summed E-state index contributed by atoms with van der Waals surface area (Å²) in [6.45, 7) is 1.95. The van der Waals surface area contributed by atoms with Crippen molar-refractivity contribution in [3.63, 3.8) is 0 Å². The summed E-state index contributed by atoms with van der Waals surface area (Å²) in [6, 6.07) is 17.4. The maximum absolute atomic E-state index is 6.31. The third kappa shape index (κ3) is 3.54. The fourth-order valence-corrected chi connectivity index (χ4v) is 4.36. The van der Waals surface area contributed by atoms with E-state index >= 15 is 0 Å². The minimum absolute atomic E-state index is 0.0985. The van der Waals surface area contributed by atoms with Crippen LogP contribution in [-0.2, 0) is 0 Å². The number of benzene rings is 2. The lowest BCUT2D eigenvalue weighted by atomic mass is 9.84. The number of para-hydroxylation sites is 1. The Hall–Kier alpha value is -3.27. The van der Waals surface area contributed by atoms with Gasteiger partial charge in [-0.15, -0.1) is 0 Å². The second-order valence-electron chi connectivity index (χ2n) is 7.26. The van der Waals surface area contributed by atoms with Crippen molar-refractivity contribution in [3.05, 3.63) is 86.8 Å². The van der Waals surface area contributed by atoms with E-state index in [0.29, 0.717) is 22.6 Å². The van der Waals surface area contributed by atoms with Gasteiger partial charge < -0.3 is 20.8 Å². The molecule has 160 valence electrons. The van der Waals surface area contributed by atoms with E-state index in [2.05, 4.69) is 15.3 Å². The number of nitrogens with two attached hydrogens (primary N) is 1. The van der Waals surface area contributed by atoms with Crippen LogP contribution in [-0.4, -0.2) is 24.9 Å². The van der Waals surface area contributed by atoms with Crippen molar-refractivity contribution in [2.75, 3.05) is 5.32 Å². The van der Waals surface area contributed by atoms with Gasteiger partial charge in [0, 0.05) is 5.02 Å². The molecule has 4 aromatic rings. The van der Waals surface area contributed by atoms with E-state index in [-0.39, 0.29) is 15.8 Å². The summed E-state index contributed by atoms with van der Waals surface area (Å²) in [4.78, 5) is 7.52. The van der Waals surface area contributed by atoms with Gasteiger partial charge in [0.1, 0.15) is 5.82 Å². The van der Waals surface area contributed by atoms with Gasteiger partial charge in [-0.3, -0.25) is 0 Å². The Morgan fingerprint density at radius 1 is 1.16 bits per heavy atom. The average molecular weight is 481 g/mol. The summed E-state index contributed by atoms with van der Waals surface area (Å²) in [7, 11) is 0. The second kappa shape index (κ2) is 8.01. The van der Waals surface area contributed by atoms with Gasteiger partial charge in [-0.25, -0.2) is 4.68 Å². The Balaban J connectivity index is 1.81. The molecule has 1 aliphatic heterocycles. The number of nitrogens with zero attached hydrogens (tertiary/aromatic N) is 3. The van der Waals surface area contributed by atoms with E-state index in [1.165, 1.54) is 0 Å². The molecule has 0 amide bonds. The smallest absolute Gasteiger partial charge is 0.231 e. The van der Waals surface area contributed by atoms with Crippen LogP contribution in [0.1, 0.15) is 28.3 Å². The summed E-state index contributed by atoms with van der Waals surface area (Å²) in [6.07, 6.45) is 0. The maximum atomic E-state index is 6.31. The molecule has 1 aliphatic rings. The van der Waals surface area contributed by atoms with Crippen molar-refractivity contribution in [1.29, 1.82) is 0 Å². The summed E-state index contributed by atoms with van der Waals surface area (Å²) >= 11 is 16.6. The molecule has 32 heavy (non-hydrogen) atoms. The van der Waals surface area contributed by atoms with Gasteiger partial charge in [0.05, 0.1) is 28.4 Å². The van der Waals surface area contributed by atoms with E-state index in [9.17, 15) is 0 Å². The predicted octanol–water partition coefficient (Wildman–Crippen LogP) is 5.23. The number of halogens is 1. The number of aromatic amines is 1. The van der Waals surface area contributed by atoms with Crippen molar-refractivity contribution < 1.29 is 4.74 Å². The van der Waals surface area contributed by atoms with E-state index in [1.807, 2.05) is 61.5 Å². The molecule has 0 spiro atoms. The molecule has 4 N–H and O–H groups in total. The van der Waals surface area contributed by atoms with Crippen LogP contribution in [0.3, 0.4) is 0 Å². The van der Waals surface area contributed by atoms with Gasteiger partial charge in [-0.2, -0.15) is 10.1 Å². The lowest BCUT2D eigenvalue weighted by Gasteiger charge is -2.28. The van der Waals surface area contributed by atoms with Gasteiger partial charge in [-0.1, -0.05) is 41.9 Å². The Bertz CT molecular complexity index is 1400. The van der Waals surface area contributed by atoms with E-state index in [1.54, 1.807) is 4.68 Å². The summed E-state index contributed by atoms with van der Waals surface area (Å²) in [5, 5.41) is 8.51. The number of ether oxygens (including phenoxy) is 1. The number of hydrogen-bond acceptors (Lipinski definition) is 5. The standard InChI is InChI=1S/C22H17ClN6OS2/c1-11-15-16(12-7-9-13(23)10-8-12)17-18(25-21(24)31)26-22(32)27-19(17)30-20(15)29(28-11)14-5-3-2-4-6-14/h2-10,16H,1H3,(H4,24,25,26,27,31,32). The highest BCUT2D eigenvalue weighted by Crippen LogP contribution is 2.50. The molecule has 2 aromatic carbocycles. The molecule has 2 aromatic heterocycles. The first-order valence-electron chi connectivity index (χ1n) is 9.71. The number of nitrogens with one attached hydrogen (secondary N) is 2. The van der Waals surface area contributed by atoms with E-state index < -0.39 is 0 Å². The zero-order valence-electron chi connectivity index (χ0n) is 16.8. The highest BCUT2D eigenvalue weighted by Gasteiger charge is 2.38. The molecule has 1 atom stereocenters. The second-order valence-corrected chi connectivity index (χ2v) is 8.53. The summed E-state index contributed by atoms with van der Waals surface area (Å²) < 4.78 is 8.33. The SMILES string of the molecule is Cc1nn(-c2ccccc2)c2c1C(c1ccc(Cl)cc1)c1c(nc(=S)[nH]c1NC(N)=S)O2. The van der Waals surface area contributed by atoms with Gasteiger partial charge >= 0.3 is 0 Å². The molecule has 0 bridgehead atoms. The number of thiocarbonyl (C=S) groups is 1. The molecular weight excluding hydrogens is 464 g/mol. The van der Waals surface area contributed by atoms with Gasteiger partial charge in [0.25, 0.3) is 0 Å². The number of H-pyrrole nitrogens is 1. The molecule has 7 nitrogen and oxygen atoms in total. The highest BCUT2D eigenvalue weighted by molar-refractivity contribution is 7.80. The van der Waals surface area contributed by atoms with Crippen LogP contribution in [0, 0.1) is 11.7 Å². The number of fused-ring (bicyclic) bond motifs is 2. The Morgan fingerprint density at radius 2 is 1.88 bits per heavy atom. The molecule has 1 unspecified atom stereocenters. The average Bonchev–Trinajstić information content (AvgIpc) is 3.09. The van der Waals surface area contributed by atoms with Crippen molar-refractivity contribution in [2.24, 2.45) is 5.73 Å². The Morgan fingerprint density at radius 3 is 2.56 bits per heavy atom. The minimum Gasteiger partial charge on any atom is -0.420 e. The number of anilines is 1. The molecule has 5 rings (SSSR count). The quantitative estimate of drug-likeness (QED) is 0.304. The molecule has 3 heterocycles. The van der Waals surface area contributed by atoms with Crippen molar-refractivity contribution >= 4 is 47.0 Å². The first-order chi connectivity index (χ1) is 15.4. The van der Waals surface area contributed by atoms with Crippen LogP contribution in [0.25, 0.3) is 5.69 Å².